The summed E-state index contributed by atoms with van der Waals surface area (Å²) in [5.41, 5.74) is 5.82. The number of hydrogen-bond acceptors (Lipinski definition) is 3. The molecule has 0 aliphatic heterocycles. The van der Waals surface area contributed by atoms with E-state index in [0.29, 0.717) is 0 Å². The molecule has 2 N–H and O–H groups in total. The second kappa shape index (κ2) is 10.1. The van der Waals surface area contributed by atoms with Crippen molar-refractivity contribution in [2.24, 2.45) is 0 Å². The number of allylic oxidation sites excluding steroid dienone is 2. The van der Waals surface area contributed by atoms with E-state index < -0.39 is 0 Å². The molecular weight excluding hydrogens is 332 g/mol. The van der Waals surface area contributed by atoms with Crippen molar-refractivity contribution in [3.8, 4) is 0 Å². The van der Waals surface area contributed by atoms with Crippen molar-refractivity contribution in [2.75, 3.05) is 34.2 Å². The van der Waals surface area contributed by atoms with Crippen LogP contribution in [0.3, 0.4) is 0 Å². The topological polar surface area (TPSA) is 34.3 Å². The molecule has 0 aliphatic carbocycles. The molecule has 0 radical (unpaired) electrons. The van der Waals surface area contributed by atoms with Gasteiger partial charge in [-0.05, 0) is 52.3 Å². The third kappa shape index (κ3) is 6.12. The van der Waals surface area contributed by atoms with Crippen LogP contribution in [0.1, 0.15) is 36.7 Å². The van der Waals surface area contributed by atoms with Gasteiger partial charge in [0.2, 0.25) is 0 Å². The van der Waals surface area contributed by atoms with E-state index in [9.17, 15) is 0 Å². The molecular formula is C23H34N4. The lowest BCUT2D eigenvalue weighted by Gasteiger charge is -2.24. The molecule has 4 nitrogen and oxygen atoms in total. The monoisotopic (exact) mass is 366 g/mol. The lowest BCUT2D eigenvalue weighted by atomic mass is 9.92. The minimum atomic E-state index is 0.121. The van der Waals surface area contributed by atoms with Crippen LogP contribution in [-0.4, -0.2) is 49.0 Å². The zero-order chi connectivity index (χ0) is 19.8. The molecule has 0 amide bonds. The van der Waals surface area contributed by atoms with Gasteiger partial charge in [0.25, 0.3) is 0 Å². The fraction of sp³-hybridized carbons (Fsp3) is 0.391. The quantitative estimate of drug-likeness (QED) is 0.662. The number of benzene rings is 1. The van der Waals surface area contributed by atoms with E-state index in [-0.39, 0.29) is 5.92 Å². The van der Waals surface area contributed by atoms with Gasteiger partial charge in [-0.15, -0.1) is 0 Å². The lowest BCUT2D eigenvalue weighted by Crippen LogP contribution is -2.28. The standard InChI is InChI=1S/C23H34N4/c1-7-21(24-18(3)16-27(6)8-2)23(19-12-10-9-11-13-19)22-15-14-20(25-22)17-26(4)5/h7,9-15,23-25H,3,8,16-17H2,1-2,4-6H3/b21-7-. The molecule has 0 saturated carbocycles. The number of likely N-dealkylation sites (N-methyl/N-ethyl adjacent to an activating group) is 1. The number of aromatic amines is 1. The average Bonchev–Trinajstić information content (AvgIpc) is 3.09. The smallest absolute Gasteiger partial charge is 0.0638 e. The van der Waals surface area contributed by atoms with Gasteiger partial charge >= 0.3 is 0 Å². The van der Waals surface area contributed by atoms with Crippen LogP contribution < -0.4 is 5.32 Å². The minimum absolute atomic E-state index is 0.121. The Balaban J connectivity index is 2.31. The molecule has 0 saturated heterocycles. The SMILES string of the molecule is C=C(CN(C)CC)N/C(=C\C)C(c1ccccc1)c1ccc(CN(C)C)[nH]1. The number of rotatable bonds is 10. The maximum atomic E-state index is 4.23. The molecule has 146 valence electrons. The second-order valence-electron chi connectivity index (χ2n) is 7.32. The Morgan fingerprint density at radius 3 is 2.44 bits per heavy atom. The molecule has 1 unspecified atom stereocenters. The van der Waals surface area contributed by atoms with Crippen molar-refractivity contribution in [1.29, 1.82) is 0 Å². The third-order valence-electron chi connectivity index (χ3n) is 4.64. The van der Waals surface area contributed by atoms with Crippen LogP contribution in [0.2, 0.25) is 0 Å². The first-order chi connectivity index (χ1) is 12.9. The summed E-state index contributed by atoms with van der Waals surface area (Å²) in [5.74, 6) is 0.121. The van der Waals surface area contributed by atoms with E-state index in [1.807, 2.05) is 0 Å². The van der Waals surface area contributed by atoms with Crippen LogP contribution in [0.15, 0.2) is 66.5 Å². The van der Waals surface area contributed by atoms with Gasteiger partial charge in [0.05, 0.1) is 5.92 Å². The Morgan fingerprint density at radius 1 is 1.15 bits per heavy atom. The van der Waals surface area contributed by atoms with Gasteiger partial charge in [-0.3, -0.25) is 0 Å². The highest BCUT2D eigenvalue weighted by Crippen LogP contribution is 2.30. The van der Waals surface area contributed by atoms with Crippen LogP contribution in [0.5, 0.6) is 0 Å². The number of nitrogens with zero attached hydrogens (tertiary/aromatic N) is 2. The van der Waals surface area contributed by atoms with E-state index in [2.05, 4.69) is 110 Å². The number of H-pyrrole nitrogens is 1. The van der Waals surface area contributed by atoms with Gasteiger partial charge in [0.15, 0.2) is 0 Å². The summed E-state index contributed by atoms with van der Waals surface area (Å²) in [6.45, 7) is 11.2. The molecule has 1 aromatic carbocycles. The molecule has 2 aromatic rings. The molecule has 0 aliphatic rings. The van der Waals surface area contributed by atoms with E-state index in [1.165, 1.54) is 17.0 Å². The summed E-state index contributed by atoms with van der Waals surface area (Å²) in [6.07, 6.45) is 2.15. The number of nitrogens with one attached hydrogen (secondary N) is 2. The van der Waals surface area contributed by atoms with Gasteiger partial charge in [0.1, 0.15) is 0 Å². The summed E-state index contributed by atoms with van der Waals surface area (Å²) in [6, 6.07) is 15.0. The van der Waals surface area contributed by atoms with Gasteiger partial charge in [-0.1, -0.05) is 49.9 Å². The van der Waals surface area contributed by atoms with Crippen LogP contribution in [-0.2, 0) is 6.54 Å². The van der Waals surface area contributed by atoms with Crippen molar-refractivity contribution >= 4 is 0 Å². The highest BCUT2D eigenvalue weighted by Gasteiger charge is 2.21. The highest BCUT2D eigenvalue weighted by atomic mass is 15.1. The molecule has 2 rings (SSSR count). The van der Waals surface area contributed by atoms with Gasteiger partial charge < -0.3 is 20.1 Å². The first-order valence-electron chi connectivity index (χ1n) is 9.61. The zero-order valence-corrected chi connectivity index (χ0v) is 17.4. The zero-order valence-electron chi connectivity index (χ0n) is 17.4. The van der Waals surface area contributed by atoms with E-state index >= 15 is 0 Å². The summed E-state index contributed by atoms with van der Waals surface area (Å²) < 4.78 is 0. The van der Waals surface area contributed by atoms with E-state index in [4.69, 9.17) is 0 Å². The first kappa shape index (κ1) is 21.0. The molecule has 0 fully saturated rings. The maximum Gasteiger partial charge on any atom is 0.0638 e. The van der Waals surface area contributed by atoms with Gasteiger partial charge in [-0.25, -0.2) is 0 Å². The summed E-state index contributed by atoms with van der Waals surface area (Å²) in [7, 11) is 6.28. The Labute approximate surface area is 164 Å². The Morgan fingerprint density at radius 2 is 1.85 bits per heavy atom. The third-order valence-corrected chi connectivity index (χ3v) is 4.64. The molecule has 0 bridgehead atoms. The molecule has 1 aromatic heterocycles. The van der Waals surface area contributed by atoms with Crippen molar-refractivity contribution in [1.82, 2.24) is 20.1 Å². The maximum absolute atomic E-state index is 4.23. The summed E-state index contributed by atoms with van der Waals surface area (Å²) >= 11 is 0. The van der Waals surface area contributed by atoms with Crippen molar-refractivity contribution in [2.45, 2.75) is 26.3 Å². The van der Waals surface area contributed by atoms with Crippen molar-refractivity contribution < 1.29 is 0 Å². The van der Waals surface area contributed by atoms with Gasteiger partial charge in [0, 0.05) is 35.9 Å². The van der Waals surface area contributed by atoms with Crippen molar-refractivity contribution in [3.05, 3.63) is 83.5 Å². The largest absolute Gasteiger partial charge is 0.361 e. The average molecular weight is 367 g/mol. The van der Waals surface area contributed by atoms with Crippen LogP contribution in [0, 0.1) is 0 Å². The predicted molar refractivity (Wildman–Crippen MR) is 116 cm³/mol. The highest BCUT2D eigenvalue weighted by molar-refractivity contribution is 5.39. The Hall–Kier alpha value is -2.30. The fourth-order valence-electron chi connectivity index (χ4n) is 3.22. The van der Waals surface area contributed by atoms with Crippen LogP contribution in [0.25, 0.3) is 0 Å². The Kier molecular flexibility index (Phi) is 7.89. The lowest BCUT2D eigenvalue weighted by molar-refractivity contribution is 0.377. The molecule has 27 heavy (non-hydrogen) atoms. The molecule has 1 atom stereocenters. The Bertz CT molecular complexity index is 743. The fourth-order valence-corrected chi connectivity index (χ4v) is 3.22. The van der Waals surface area contributed by atoms with Crippen LogP contribution in [0.4, 0.5) is 0 Å². The molecule has 4 heteroatoms. The molecule has 0 spiro atoms. The minimum Gasteiger partial charge on any atom is -0.361 e. The summed E-state index contributed by atoms with van der Waals surface area (Å²) in [4.78, 5) is 8.03. The second-order valence-corrected chi connectivity index (χ2v) is 7.32. The first-order valence-corrected chi connectivity index (χ1v) is 9.61. The number of hydrogen-bond donors (Lipinski definition) is 2. The van der Waals surface area contributed by atoms with E-state index in [0.717, 1.165) is 31.0 Å². The summed E-state index contributed by atoms with van der Waals surface area (Å²) in [5, 5.41) is 3.57. The van der Waals surface area contributed by atoms with Crippen molar-refractivity contribution in [3.63, 3.8) is 0 Å². The number of aromatic nitrogens is 1. The van der Waals surface area contributed by atoms with E-state index in [1.54, 1.807) is 0 Å². The predicted octanol–water partition coefficient (Wildman–Crippen LogP) is 4.17. The van der Waals surface area contributed by atoms with Gasteiger partial charge in [-0.2, -0.15) is 0 Å². The molecule has 1 heterocycles. The van der Waals surface area contributed by atoms with Crippen LogP contribution >= 0.6 is 0 Å². The normalized spacial score (nSPS) is 13.2.